The van der Waals surface area contributed by atoms with Crippen LogP contribution in [0.15, 0.2) is 18.2 Å². The summed E-state index contributed by atoms with van der Waals surface area (Å²) >= 11 is 5.68. The van der Waals surface area contributed by atoms with Gasteiger partial charge in [-0.25, -0.2) is 4.39 Å². The van der Waals surface area contributed by atoms with Gasteiger partial charge in [-0.1, -0.05) is 17.7 Å². The SMILES string of the molecule is CC1CNCCN1C(=O)c1cccc(Cl)c1F.Cl. The van der Waals surface area contributed by atoms with Crippen LogP contribution in [0.25, 0.3) is 0 Å². The summed E-state index contributed by atoms with van der Waals surface area (Å²) in [5, 5.41) is 3.17. The molecule has 1 aromatic rings. The van der Waals surface area contributed by atoms with Gasteiger partial charge >= 0.3 is 0 Å². The van der Waals surface area contributed by atoms with Crippen LogP contribution in [0.1, 0.15) is 17.3 Å². The zero-order valence-corrected chi connectivity index (χ0v) is 11.5. The number of hydrogen-bond donors (Lipinski definition) is 1. The molecule has 1 fully saturated rings. The van der Waals surface area contributed by atoms with Gasteiger partial charge in [-0.05, 0) is 19.1 Å². The van der Waals surface area contributed by atoms with Crippen molar-refractivity contribution in [2.45, 2.75) is 13.0 Å². The van der Waals surface area contributed by atoms with Crippen LogP contribution in [0.3, 0.4) is 0 Å². The fourth-order valence-electron chi connectivity index (χ4n) is 1.97. The van der Waals surface area contributed by atoms with Gasteiger partial charge in [-0.15, -0.1) is 12.4 Å². The molecule has 1 N–H and O–H groups in total. The van der Waals surface area contributed by atoms with E-state index in [0.29, 0.717) is 6.54 Å². The van der Waals surface area contributed by atoms with E-state index in [0.717, 1.165) is 13.1 Å². The molecule has 18 heavy (non-hydrogen) atoms. The minimum Gasteiger partial charge on any atom is -0.333 e. The normalized spacial score (nSPS) is 19.3. The summed E-state index contributed by atoms with van der Waals surface area (Å²) in [6.45, 7) is 3.99. The van der Waals surface area contributed by atoms with Crippen LogP contribution < -0.4 is 5.32 Å². The molecule has 1 heterocycles. The van der Waals surface area contributed by atoms with Crippen LogP contribution >= 0.6 is 24.0 Å². The summed E-state index contributed by atoms with van der Waals surface area (Å²) < 4.78 is 13.7. The number of amides is 1. The molecular weight excluding hydrogens is 278 g/mol. The minimum atomic E-state index is -0.634. The number of benzene rings is 1. The second kappa shape index (κ2) is 6.36. The van der Waals surface area contributed by atoms with Crippen LogP contribution in [0.5, 0.6) is 0 Å². The van der Waals surface area contributed by atoms with Crippen molar-refractivity contribution in [3.05, 3.63) is 34.6 Å². The van der Waals surface area contributed by atoms with Gasteiger partial charge in [-0.3, -0.25) is 4.79 Å². The van der Waals surface area contributed by atoms with E-state index in [1.54, 1.807) is 11.0 Å². The van der Waals surface area contributed by atoms with Crippen molar-refractivity contribution in [1.29, 1.82) is 0 Å². The van der Waals surface area contributed by atoms with Gasteiger partial charge in [-0.2, -0.15) is 0 Å². The Bertz CT molecular complexity index is 442. The first-order chi connectivity index (χ1) is 8.11. The van der Waals surface area contributed by atoms with Gasteiger partial charge in [0.2, 0.25) is 0 Å². The Labute approximate surface area is 117 Å². The lowest BCUT2D eigenvalue weighted by atomic mass is 10.1. The monoisotopic (exact) mass is 292 g/mol. The molecule has 1 aromatic carbocycles. The quantitative estimate of drug-likeness (QED) is 0.862. The molecule has 0 radical (unpaired) electrons. The van der Waals surface area contributed by atoms with E-state index >= 15 is 0 Å². The highest BCUT2D eigenvalue weighted by Crippen LogP contribution is 2.20. The molecule has 1 aliphatic rings. The highest BCUT2D eigenvalue weighted by atomic mass is 35.5. The molecule has 0 aliphatic carbocycles. The molecule has 2 rings (SSSR count). The van der Waals surface area contributed by atoms with E-state index in [-0.39, 0.29) is 34.9 Å². The van der Waals surface area contributed by atoms with Gasteiger partial charge in [0.05, 0.1) is 10.6 Å². The van der Waals surface area contributed by atoms with Crippen molar-refractivity contribution < 1.29 is 9.18 Å². The van der Waals surface area contributed by atoms with Gasteiger partial charge in [0, 0.05) is 25.7 Å². The molecule has 3 nitrogen and oxygen atoms in total. The van der Waals surface area contributed by atoms with Crippen molar-refractivity contribution in [2.75, 3.05) is 19.6 Å². The van der Waals surface area contributed by atoms with Gasteiger partial charge in [0.25, 0.3) is 5.91 Å². The van der Waals surface area contributed by atoms with E-state index in [4.69, 9.17) is 11.6 Å². The predicted octanol–water partition coefficient (Wildman–Crippen LogP) is 2.33. The van der Waals surface area contributed by atoms with Crippen molar-refractivity contribution in [2.24, 2.45) is 0 Å². The van der Waals surface area contributed by atoms with E-state index in [2.05, 4.69) is 5.32 Å². The Morgan fingerprint density at radius 3 is 2.94 bits per heavy atom. The lowest BCUT2D eigenvalue weighted by Crippen LogP contribution is -2.52. The fourth-order valence-corrected chi connectivity index (χ4v) is 2.14. The predicted molar refractivity (Wildman–Crippen MR) is 72.0 cm³/mol. The molecule has 1 amide bonds. The number of piperazine rings is 1. The molecule has 1 atom stereocenters. The largest absolute Gasteiger partial charge is 0.333 e. The van der Waals surface area contributed by atoms with Crippen LogP contribution in [0.2, 0.25) is 5.02 Å². The second-order valence-corrected chi connectivity index (χ2v) is 4.56. The Hall–Kier alpha value is -0.840. The zero-order chi connectivity index (χ0) is 12.4. The molecule has 0 saturated carbocycles. The topological polar surface area (TPSA) is 32.3 Å². The molecule has 1 unspecified atom stereocenters. The fraction of sp³-hybridized carbons (Fsp3) is 0.417. The van der Waals surface area contributed by atoms with E-state index in [9.17, 15) is 9.18 Å². The molecule has 1 aliphatic heterocycles. The third-order valence-electron chi connectivity index (χ3n) is 2.94. The molecule has 6 heteroatoms. The molecular formula is C12H15Cl2FN2O. The summed E-state index contributed by atoms with van der Waals surface area (Å²) in [6, 6.07) is 4.56. The smallest absolute Gasteiger partial charge is 0.257 e. The van der Waals surface area contributed by atoms with Crippen molar-refractivity contribution in [1.82, 2.24) is 10.2 Å². The third kappa shape index (κ3) is 2.94. The maximum Gasteiger partial charge on any atom is 0.257 e. The Kier molecular flexibility index (Phi) is 5.38. The Morgan fingerprint density at radius 2 is 2.28 bits per heavy atom. The van der Waals surface area contributed by atoms with Gasteiger partial charge in [0.15, 0.2) is 5.82 Å². The molecule has 0 aromatic heterocycles. The summed E-state index contributed by atoms with van der Waals surface area (Å²) in [4.78, 5) is 13.9. The first-order valence-electron chi connectivity index (χ1n) is 5.57. The number of carbonyl (C=O) groups is 1. The molecule has 0 spiro atoms. The van der Waals surface area contributed by atoms with E-state index in [1.165, 1.54) is 12.1 Å². The van der Waals surface area contributed by atoms with Crippen molar-refractivity contribution in [3.8, 4) is 0 Å². The first kappa shape index (κ1) is 15.2. The van der Waals surface area contributed by atoms with Crippen molar-refractivity contribution >= 4 is 29.9 Å². The standard InChI is InChI=1S/C12H14ClFN2O.ClH/c1-8-7-15-5-6-16(8)12(17)9-3-2-4-10(13)11(9)14;/h2-4,8,15H,5-7H2,1H3;1H. The number of nitrogens with one attached hydrogen (secondary N) is 1. The maximum absolute atomic E-state index is 13.7. The maximum atomic E-state index is 13.7. The molecule has 1 saturated heterocycles. The average Bonchev–Trinajstić information content (AvgIpc) is 2.32. The van der Waals surface area contributed by atoms with Crippen LogP contribution in [-0.4, -0.2) is 36.5 Å². The van der Waals surface area contributed by atoms with Gasteiger partial charge < -0.3 is 10.2 Å². The zero-order valence-electron chi connectivity index (χ0n) is 9.95. The minimum absolute atomic E-state index is 0. The lowest BCUT2D eigenvalue weighted by molar-refractivity contribution is 0.0651. The van der Waals surface area contributed by atoms with Crippen LogP contribution in [-0.2, 0) is 0 Å². The number of hydrogen-bond acceptors (Lipinski definition) is 2. The lowest BCUT2D eigenvalue weighted by Gasteiger charge is -2.34. The highest BCUT2D eigenvalue weighted by molar-refractivity contribution is 6.31. The molecule has 100 valence electrons. The molecule has 0 bridgehead atoms. The second-order valence-electron chi connectivity index (χ2n) is 4.15. The summed E-state index contributed by atoms with van der Waals surface area (Å²) in [6.07, 6.45) is 0. The Morgan fingerprint density at radius 1 is 1.56 bits per heavy atom. The van der Waals surface area contributed by atoms with Crippen LogP contribution in [0.4, 0.5) is 4.39 Å². The number of nitrogens with zero attached hydrogens (tertiary/aromatic N) is 1. The Balaban J connectivity index is 0.00000162. The summed E-state index contributed by atoms with van der Waals surface area (Å²) in [5.74, 6) is -0.927. The number of halogens is 3. The van der Waals surface area contributed by atoms with Crippen molar-refractivity contribution in [3.63, 3.8) is 0 Å². The average molecular weight is 293 g/mol. The third-order valence-corrected chi connectivity index (χ3v) is 3.24. The summed E-state index contributed by atoms with van der Waals surface area (Å²) in [5.41, 5.74) is 0.0475. The van der Waals surface area contributed by atoms with E-state index < -0.39 is 5.82 Å². The number of rotatable bonds is 1. The highest BCUT2D eigenvalue weighted by Gasteiger charge is 2.26. The number of carbonyl (C=O) groups excluding carboxylic acids is 1. The van der Waals surface area contributed by atoms with Gasteiger partial charge in [0.1, 0.15) is 0 Å². The first-order valence-corrected chi connectivity index (χ1v) is 5.94. The summed E-state index contributed by atoms with van der Waals surface area (Å²) in [7, 11) is 0. The van der Waals surface area contributed by atoms with E-state index in [1.807, 2.05) is 6.92 Å². The van der Waals surface area contributed by atoms with Crippen LogP contribution in [0, 0.1) is 5.82 Å².